The number of hydrogen-bond acceptors (Lipinski definition) is 7. The summed E-state index contributed by atoms with van der Waals surface area (Å²) < 4.78 is 32.7. The van der Waals surface area contributed by atoms with Crippen LogP contribution in [0.25, 0.3) is 16.9 Å². The standard InChI is InChI=1S/C21H15N5O6S.Na.H/c27-21-20(23-22-15-8-12-18(13-9-15)33(30,31)32)19(14-6-10-17(11-7-14)26(28)29)24-25(21)16-4-2-1-3-5-16;;/h1-13,24H,(H,30,31,32);;/q;+1;-1. The van der Waals surface area contributed by atoms with Gasteiger partial charge in [-0.15, -0.1) is 5.11 Å². The minimum atomic E-state index is -4.35. The van der Waals surface area contributed by atoms with Gasteiger partial charge in [0.1, 0.15) is 0 Å². The van der Waals surface area contributed by atoms with E-state index >= 15 is 0 Å². The van der Waals surface area contributed by atoms with Crippen LogP contribution in [0, 0.1) is 10.1 Å². The Balaban J connectivity index is 0.00000216. The first-order valence-corrected chi connectivity index (χ1v) is 10.8. The van der Waals surface area contributed by atoms with E-state index in [-0.39, 0.29) is 58.6 Å². The molecule has 1 aromatic heterocycles. The van der Waals surface area contributed by atoms with E-state index in [0.29, 0.717) is 11.3 Å². The van der Waals surface area contributed by atoms with Crippen LogP contribution in [0.3, 0.4) is 0 Å². The molecule has 0 amide bonds. The molecule has 0 spiro atoms. The first kappa shape index (κ1) is 25.2. The first-order valence-electron chi connectivity index (χ1n) is 9.38. The summed E-state index contributed by atoms with van der Waals surface area (Å²) in [5, 5.41) is 22.0. The van der Waals surface area contributed by atoms with Crippen molar-refractivity contribution >= 4 is 27.2 Å². The Labute approximate surface area is 216 Å². The average Bonchev–Trinajstić information content (AvgIpc) is 3.14. The number of aromatic nitrogens is 2. The number of para-hydroxylation sites is 1. The molecule has 0 fully saturated rings. The van der Waals surface area contributed by atoms with E-state index in [2.05, 4.69) is 15.3 Å². The van der Waals surface area contributed by atoms with Crippen LogP contribution < -0.4 is 35.1 Å². The fourth-order valence-corrected chi connectivity index (χ4v) is 3.50. The van der Waals surface area contributed by atoms with Crippen molar-refractivity contribution in [2.45, 2.75) is 4.90 Å². The molecule has 0 radical (unpaired) electrons. The molecule has 0 aliphatic heterocycles. The Bertz CT molecular complexity index is 1520. The molecule has 0 aliphatic rings. The van der Waals surface area contributed by atoms with Crippen LogP contribution in [0.4, 0.5) is 17.1 Å². The van der Waals surface area contributed by atoms with E-state index in [1.54, 1.807) is 30.3 Å². The first-order chi connectivity index (χ1) is 15.7. The third-order valence-corrected chi connectivity index (χ3v) is 5.52. The van der Waals surface area contributed by atoms with E-state index in [1.165, 1.54) is 41.1 Å². The van der Waals surface area contributed by atoms with Gasteiger partial charge in [-0.3, -0.25) is 24.6 Å². The molecule has 34 heavy (non-hydrogen) atoms. The Morgan fingerprint density at radius 1 is 0.941 bits per heavy atom. The summed E-state index contributed by atoms with van der Waals surface area (Å²) in [4.78, 5) is 23.2. The number of nitrogens with one attached hydrogen (secondary N) is 1. The summed E-state index contributed by atoms with van der Waals surface area (Å²) >= 11 is 0. The molecule has 0 bridgehead atoms. The molecule has 2 N–H and O–H groups in total. The maximum absolute atomic E-state index is 13.1. The monoisotopic (exact) mass is 489 g/mol. The molecule has 0 aliphatic carbocycles. The number of nitro benzene ring substituents is 1. The fraction of sp³-hybridized carbons (Fsp3) is 0. The van der Waals surface area contributed by atoms with Crippen molar-refractivity contribution in [1.29, 1.82) is 0 Å². The van der Waals surface area contributed by atoms with E-state index in [9.17, 15) is 23.3 Å². The van der Waals surface area contributed by atoms with Crippen molar-refractivity contribution in [1.82, 2.24) is 9.78 Å². The van der Waals surface area contributed by atoms with Crippen LogP contribution in [0.5, 0.6) is 0 Å². The number of nitrogens with zero attached hydrogens (tertiary/aromatic N) is 4. The summed E-state index contributed by atoms with van der Waals surface area (Å²) in [6.07, 6.45) is 0. The van der Waals surface area contributed by atoms with Gasteiger partial charge in [0.2, 0.25) is 0 Å². The predicted molar refractivity (Wildman–Crippen MR) is 120 cm³/mol. The second-order valence-electron chi connectivity index (χ2n) is 6.78. The molecule has 3 aromatic carbocycles. The minimum absolute atomic E-state index is 0. The molecule has 4 rings (SSSR count). The van der Waals surface area contributed by atoms with Crippen molar-refractivity contribution in [3.05, 3.63) is 99.3 Å². The molecule has 4 aromatic rings. The van der Waals surface area contributed by atoms with Crippen LogP contribution in [0.2, 0.25) is 0 Å². The van der Waals surface area contributed by atoms with E-state index < -0.39 is 20.6 Å². The number of nitro groups is 1. The van der Waals surface area contributed by atoms with Crippen molar-refractivity contribution in [3.8, 4) is 16.9 Å². The van der Waals surface area contributed by atoms with Crippen LogP contribution in [-0.4, -0.2) is 27.7 Å². The second-order valence-corrected chi connectivity index (χ2v) is 8.21. The van der Waals surface area contributed by atoms with Gasteiger partial charge in [-0.2, -0.15) is 13.5 Å². The number of benzene rings is 3. The van der Waals surface area contributed by atoms with Crippen molar-refractivity contribution in [2.24, 2.45) is 10.2 Å². The number of rotatable bonds is 6. The summed E-state index contributed by atoms with van der Waals surface area (Å²) in [6.45, 7) is 0. The Hall–Kier alpha value is -3.42. The van der Waals surface area contributed by atoms with Crippen molar-refractivity contribution in [3.63, 3.8) is 0 Å². The minimum Gasteiger partial charge on any atom is -1.00 e. The van der Waals surface area contributed by atoms with Crippen LogP contribution in [0.1, 0.15) is 1.43 Å². The SMILES string of the molecule is O=c1c(N=Nc2ccc(S(=O)(=O)O)cc2)c(-c2ccc([N+](=O)[O-])cc2)[nH]n1-c1ccccc1.[H-].[Na+]. The quantitative estimate of drug-likeness (QED) is 0.137. The van der Waals surface area contributed by atoms with Gasteiger partial charge < -0.3 is 1.43 Å². The third-order valence-electron chi connectivity index (χ3n) is 4.65. The van der Waals surface area contributed by atoms with Crippen molar-refractivity contribution in [2.75, 3.05) is 0 Å². The van der Waals surface area contributed by atoms with Gasteiger partial charge in [-0.1, -0.05) is 18.2 Å². The summed E-state index contributed by atoms with van der Waals surface area (Å²) in [6, 6.07) is 19.3. The Morgan fingerprint density at radius 2 is 1.56 bits per heavy atom. The Morgan fingerprint density at radius 3 is 2.12 bits per heavy atom. The normalized spacial score (nSPS) is 11.3. The maximum atomic E-state index is 13.1. The summed E-state index contributed by atoms with van der Waals surface area (Å²) in [7, 11) is -4.35. The fourth-order valence-electron chi connectivity index (χ4n) is 3.02. The second kappa shape index (κ2) is 10.2. The van der Waals surface area contributed by atoms with Gasteiger partial charge in [0.05, 0.1) is 26.9 Å². The predicted octanol–water partition coefficient (Wildman–Crippen LogP) is 1.52. The third kappa shape index (κ3) is 5.38. The van der Waals surface area contributed by atoms with Gasteiger partial charge >= 0.3 is 29.6 Å². The zero-order valence-corrected chi connectivity index (χ0v) is 20.5. The Kier molecular flexibility index (Phi) is 7.59. The largest absolute Gasteiger partial charge is 1.00 e. The average molecular weight is 489 g/mol. The van der Waals surface area contributed by atoms with E-state index in [4.69, 9.17) is 4.55 Å². The molecular formula is C21H16N5NaO6S. The zero-order chi connectivity index (χ0) is 23.6. The topological polar surface area (TPSA) is 160 Å². The summed E-state index contributed by atoms with van der Waals surface area (Å²) in [5.74, 6) is 0. The molecule has 0 unspecified atom stereocenters. The van der Waals surface area contributed by atoms with E-state index in [0.717, 1.165) is 12.1 Å². The number of hydrogen-bond donors (Lipinski definition) is 2. The number of non-ortho nitro benzene ring substituents is 1. The molecule has 168 valence electrons. The number of azo groups is 1. The van der Waals surface area contributed by atoms with Gasteiger partial charge in [-0.25, -0.2) is 4.68 Å². The molecule has 0 atom stereocenters. The summed E-state index contributed by atoms with van der Waals surface area (Å²) in [5.41, 5.74) is 0.888. The molecule has 0 saturated heterocycles. The molecule has 0 saturated carbocycles. The molecular weight excluding hydrogens is 473 g/mol. The smallest absolute Gasteiger partial charge is 1.00 e. The molecule has 11 nitrogen and oxygen atoms in total. The zero-order valence-electron chi connectivity index (χ0n) is 18.7. The number of H-pyrrole nitrogens is 1. The van der Waals surface area contributed by atoms with Gasteiger partial charge in [0.15, 0.2) is 5.69 Å². The maximum Gasteiger partial charge on any atom is 1.00 e. The van der Waals surface area contributed by atoms with Crippen molar-refractivity contribution < 1.29 is 48.9 Å². The molecule has 1 heterocycles. The van der Waals surface area contributed by atoms with Crippen LogP contribution >= 0.6 is 0 Å². The van der Waals surface area contributed by atoms with Crippen LogP contribution in [0.15, 0.2) is 98.8 Å². The van der Waals surface area contributed by atoms with Gasteiger partial charge in [-0.05, 0) is 48.5 Å². The van der Waals surface area contributed by atoms with Gasteiger partial charge in [0, 0.05) is 17.7 Å². The van der Waals surface area contributed by atoms with E-state index in [1.807, 2.05) is 0 Å². The molecule has 13 heteroatoms. The van der Waals surface area contributed by atoms with Crippen LogP contribution in [-0.2, 0) is 10.1 Å². The number of aromatic amines is 1. The van der Waals surface area contributed by atoms with Gasteiger partial charge in [0.25, 0.3) is 21.4 Å².